The number of thioether (sulfide) groups is 1. The Hall–Kier alpha value is -1.35. The van der Waals surface area contributed by atoms with Gasteiger partial charge in [0.15, 0.2) is 4.34 Å². The topological polar surface area (TPSA) is 78.4 Å². The third-order valence-electron chi connectivity index (χ3n) is 4.68. The van der Waals surface area contributed by atoms with Crippen LogP contribution in [0, 0.1) is 5.92 Å². The van der Waals surface area contributed by atoms with E-state index in [-0.39, 0.29) is 17.9 Å². The second-order valence-corrected chi connectivity index (χ2v) is 9.08. The van der Waals surface area contributed by atoms with Gasteiger partial charge in [-0.25, -0.2) is 4.79 Å². The van der Waals surface area contributed by atoms with E-state index in [1.54, 1.807) is 11.8 Å². The standard InChI is InChI=1S/C17H29N5O2S2/c1-5-12(4)25-16-20-19-15(26-16)18-14(23)13-8-10-22(11-9-13)17(24)21(6-2)7-3/h12-13H,5-11H2,1-4H3,(H,18,19,23)/t12-/m0/s1. The molecule has 1 aliphatic heterocycles. The largest absolute Gasteiger partial charge is 0.325 e. The smallest absolute Gasteiger partial charge is 0.319 e. The van der Waals surface area contributed by atoms with Crippen LogP contribution in [-0.4, -0.2) is 63.4 Å². The van der Waals surface area contributed by atoms with E-state index in [0.717, 1.165) is 10.8 Å². The number of hydrogen-bond donors (Lipinski definition) is 1. The fraction of sp³-hybridized carbons (Fsp3) is 0.765. The van der Waals surface area contributed by atoms with Crippen LogP contribution in [0.15, 0.2) is 4.34 Å². The van der Waals surface area contributed by atoms with Gasteiger partial charge < -0.3 is 15.1 Å². The average Bonchev–Trinajstić information content (AvgIpc) is 3.09. The molecule has 1 N–H and O–H groups in total. The fourth-order valence-corrected chi connectivity index (χ4v) is 4.80. The number of amides is 3. The fourth-order valence-electron chi connectivity index (χ4n) is 2.80. The Labute approximate surface area is 163 Å². The van der Waals surface area contributed by atoms with E-state index in [1.807, 2.05) is 23.6 Å². The highest BCUT2D eigenvalue weighted by Crippen LogP contribution is 2.30. The van der Waals surface area contributed by atoms with Gasteiger partial charge in [-0.3, -0.25) is 4.79 Å². The monoisotopic (exact) mass is 399 g/mol. The summed E-state index contributed by atoms with van der Waals surface area (Å²) in [5.41, 5.74) is 0. The first-order valence-corrected chi connectivity index (χ1v) is 11.0. The van der Waals surface area contributed by atoms with Crippen molar-refractivity contribution in [3.63, 3.8) is 0 Å². The molecule has 2 heterocycles. The molecule has 1 aromatic rings. The van der Waals surface area contributed by atoms with Gasteiger partial charge in [0.2, 0.25) is 11.0 Å². The van der Waals surface area contributed by atoms with Gasteiger partial charge in [0.05, 0.1) is 0 Å². The number of nitrogens with one attached hydrogen (secondary N) is 1. The summed E-state index contributed by atoms with van der Waals surface area (Å²) < 4.78 is 0.884. The average molecular weight is 400 g/mol. The second-order valence-electron chi connectivity index (χ2n) is 6.42. The van der Waals surface area contributed by atoms with Gasteiger partial charge in [0.25, 0.3) is 0 Å². The summed E-state index contributed by atoms with van der Waals surface area (Å²) in [7, 11) is 0. The van der Waals surface area contributed by atoms with Gasteiger partial charge in [-0.1, -0.05) is 36.9 Å². The predicted molar refractivity (Wildman–Crippen MR) is 107 cm³/mol. The van der Waals surface area contributed by atoms with E-state index in [0.29, 0.717) is 49.4 Å². The maximum atomic E-state index is 12.5. The number of carbonyl (C=O) groups is 2. The molecule has 7 nitrogen and oxygen atoms in total. The molecule has 0 unspecified atom stereocenters. The lowest BCUT2D eigenvalue weighted by atomic mass is 9.96. The first-order chi connectivity index (χ1) is 12.5. The van der Waals surface area contributed by atoms with Crippen molar-refractivity contribution in [3.05, 3.63) is 0 Å². The zero-order valence-electron chi connectivity index (χ0n) is 16.0. The van der Waals surface area contributed by atoms with Crippen molar-refractivity contribution in [1.29, 1.82) is 0 Å². The summed E-state index contributed by atoms with van der Waals surface area (Å²) in [5, 5.41) is 12.1. The van der Waals surface area contributed by atoms with E-state index in [4.69, 9.17) is 0 Å². The molecule has 1 aliphatic rings. The predicted octanol–water partition coefficient (Wildman–Crippen LogP) is 3.54. The zero-order valence-corrected chi connectivity index (χ0v) is 17.7. The highest BCUT2D eigenvalue weighted by Gasteiger charge is 2.29. The van der Waals surface area contributed by atoms with Crippen LogP contribution in [0.4, 0.5) is 9.93 Å². The van der Waals surface area contributed by atoms with E-state index in [2.05, 4.69) is 29.4 Å². The van der Waals surface area contributed by atoms with Crippen molar-refractivity contribution >= 4 is 40.2 Å². The molecule has 0 spiro atoms. The number of rotatable bonds is 7. The number of likely N-dealkylation sites (tertiary alicyclic amines) is 1. The molecule has 26 heavy (non-hydrogen) atoms. The third kappa shape index (κ3) is 5.57. The highest BCUT2D eigenvalue weighted by atomic mass is 32.2. The van der Waals surface area contributed by atoms with Crippen LogP contribution in [0.1, 0.15) is 47.0 Å². The van der Waals surface area contributed by atoms with Crippen molar-refractivity contribution < 1.29 is 9.59 Å². The maximum absolute atomic E-state index is 12.5. The van der Waals surface area contributed by atoms with Crippen LogP contribution in [0.2, 0.25) is 0 Å². The van der Waals surface area contributed by atoms with Gasteiger partial charge in [-0.15, -0.1) is 10.2 Å². The van der Waals surface area contributed by atoms with Gasteiger partial charge >= 0.3 is 6.03 Å². The number of hydrogen-bond acceptors (Lipinski definition) is 6. The van der Waals surface area contributed by atoms with Crippen LogP contribution in [0.5, 0.6) is 0 Å². The number of carbonyl (C=O) groups excluding carboxylic acids is 2. The second kappa shape index (κ2) is 10.1. The van der Waals surface area contributed by atoms with Gasteiger partial charge in [-0.05, 0) is 33.1 Å². The minimum Gasteiger partial charge on any atom is -0.325 e. The molecule has 3 amide bonds. The normalized spacial score (nSPS) is 16.4. The molecule has 0 aromatic carbocycles. The summed E-state index contributed by atoms with van der Waals surface area (Å²) in [5.74, 6) is -0.0958. The van der Waals surface area contributed by atoms with Crippen molar-refractivity contribution in [3.8, 4) is 0 Å². The number of aromatic nitrogens is 2. The maximum Gasteiger partial charge on any atom is 0.319 e. The molecule has 0 saturated carbocycles. The summed E-state index contributed by atoms with van der Waals surface area (Å²) in [6, 6.07) is 0.0738. The quantitative estimate of drug-likeness (QED) is 0.560. The van der Waals surface area contributed by atoms with Crippen molar-refractivity contribution in [2.75, 3.05) is 31.5 Å². The minimum atomic E-state index is -0.0784. The molecule has 1 saturated heterocycles. The molecule has 1 fully saturated rings. The lowest BCUT2D eigenvalue weighted by Gasteiger charge is -2.34. The summed E-state index contributed by atoms with van der Waals surface area (Å²) in [6.45, 7) is 10.9. The number of urea groups is 1. The van der Waals surface area contributed by atoms with Crippen LogP contribution in [-0.2, 0) is 4.79 Å². The van der Waals surface area contributed by atoms with Crippen LogP contribution >= 0.6 is 23.1 Å². The molecule has 0 aliphatic carbocycles. The Morgan fingerprint density at radius 3 is 2.50 bits per heavy atom. The Balaban J connectivity index is 1.82. The van der Waals surface area contributed by atoms with Gasteiger partial charge in [0, 0.05) is 37.3 Å². The Bertz CT molecular complexity index is 598. The van der Waals surface area contributed by atoms with Gasteiger partial charge in [0.1, 0.15) is 0 Å². The summed E-state index contributed by atoms with van der Waals surface area (Å²) >= 11 is 3.10. The number of piperidine rings is 1. The third-order valence-corrected chi connectivity index (χ3v) is 6.87. The molecule has 0 radical (unpaired) electrons. The molecule has 2 rings (SSSR count). The molecule has 146 valence electrons. The Morgan fingerprint density at radius 1 is 1.27 bits per heavy atom. The lowest BCUT2D eigenvalue weighted by Crippen LogP contribution is -2.47. The summed E-state index contributed by atoms with van der Waals surface area (Å²) in [4.78, 5) is 28.5. The van der Waals surface area contributed by atoms with Crippen LogP contribution < -0.4 is 5.32 Å². The first-order valence-electron chi connectivity index (χ1n) is 9.33. The van der Waals surface area contributed by atoms with Crippen molar-refractivity contribution in [1.82, 2.24) is 20.0 Å². The zero-order chi connectivity index (χ0) is 19.1. The first kappa shape index (κ1) is 21.0. The molecule has 0 bridgehead atoms. The van der Waals surface area contributed by atoms with Crippen LogP contribution in [0.3, 0.4) is 0 Å². The molecule has 1 atom stereocenters. The van der Waals surface area contributed by atoms with E-state index in [9.17, 15) is 9.59 Å². The molecule has 9 heteroatoms. The number of nitrogens with zero attached hydrogens (tertiary/aromatic N) is 4. The number of anilines is 1. The van der Waals surface area contributed by atoms with E-state index < -0.39 is 0 Å². The van der Waals surface area contributed by atoms with Crippen molar-refractivity contribution in [2.24, 2.45) is 5.92 Å². The van der Waals surface area contributed by atoms with Crippen molar-refractivity contribution in [2.45, 2.75) is 56.5 Å². The van der Waals surface area contributed by atoms with Crippen LogP contribution in [0.25, 0.3) is 0 Å². The van der Waals surface area contributed by atoms with Gasteiger partial charge in [-0.2, -0.15) is 0 Å². The lowest BCUT2D eigenvalue weighted by molar-refractivity contribution is -0.121. The summed E-state index contributed by atoms with van der Waals surface area (Å²) in [6.07, 6.45) is 2.44. The highest BCUT2D eigenvalue weighted by molar-refractivity contribution is 8.01. The minimum absolute atomic E-state index is 0.0174. The molecular formula is C17H29N5O2S2. The van der Waals surface area contributed by atoms with E-state index in [1.165, 1.54) is 11.3 Å². The Morgan fingerprint density at radius 2 is 1.92 bits per heavy atom. The van der Waals surface area contributed by atoms with E-state index >= 15 is 0 Å². The Kier molecular flexibility index (Phi) is 8.15. The SMILES string of the molecule is CC[C@H](C)Sc1nnc(NC(=O)C2CCN(C(=O)N(CC)CC)CC2)s1. The molecular weight excluding hydrogens is 370 g/mol. The molecule has 1 aromatic heterocycles.